The molecule has 1 saturated carbocycles. The summed E-state index contributed by atoms with van der Waals surface area (Å²) in [6.07, 6.45) is 2.66. The number of aromatic nitrogens is 2. The van der Waals surface area contributed by atoms with Crippen LogP contribution in [0, 0.1) is 6.92 Å². The van der Waals surface area contributed by atoms with Crippen molar-refractivity contribution in [3.63, 3.8) is 0 Å². The van der Waals surface area contributed by atoms with Gasteiger partial charge in [-0.1, -0.05) is 13.8 Å². The van der Waals surface area contributed by atoms with E-state index in [1.165, 1.54) is 24.2 Å². The minimum Gasteiger partial charge on any atom is -0.345 e. The van der Waals surface area contributed by atoms with E-state index in [0.717, 1.165) is 18.4 Å². The van der Waals surface area contributed by atoms with Crippen LogP contribution in [0.4, 0.5) is 0 Å². The summed E-state index contributed by atoms with van der Waals surface area (Å²) < 4.78 is 0. The quantitative estimate of drug-likeness (QED) is 0.768. The van der Waals surface area contributed by atoms with Gasteiger partial charge in [-0.25, -0.2) is 4.98 Å². The maximum atomic E-state index is 4.59. The Morgan fingerprint density at radius 2 is 2.21 bits per heavy atom. The van der Waals surface area contributed by atoms with Crippen molar-refractivity contribution in [2.75, 3.05) is 0 Å². The first-order valence-corrected chi connectivity index (χ1v) is 5.45. The summed E-state index contributed by atoms with van der Waals surface area (Å²) in [6, 6.07) is 0.753. The second-order valence-electron chi connectivity index (χ2n) is 4.50. The third kappa shape index (κ3) is 2.15. The number of rotatable bonds is 4. The first-order valence-electron chi connectivity index (χ1n) is 5.45. The van der Waals surface area contributed by atoms with E-state index in [1.807, 2.05) is 0 Å². The van der Waals surface area contributed by atoms with Crippen LogP contribution in [0.3, 0.4) is 0 Å². The third-order valence-electron chi connectivity index (χ3n) is 2.65. The van der Waals surface area contributed by atoms with E-state index < -0.39 is 0 Å². The van der Waals surface area contributed by atoms with Crippen molar-refractivity contribution < 1.29 is 0 Å². The smallest absolute Gasteiger partial charge is 0.120 e. The van der Waals surface area contributed by atoms with Gasteiger partial charge < -0.3 is 10.3 Å². The molecule has 0 atom stereocenters. The molecule has 2 N–H and O–H groups in total. The first-order chi connectivity index (χ1) is 6.66. The van der Waals surface area contributed by atoms with Gasteiger partial charge in [-0.2, -0.15) is 0 Å². The highest BCUT2D eigenvalue weighted by atomic mass is 15.0. The minimum absolute atomic E-state index is 0.515. The molecule has 0 unspecified atom stereocenters. The van der Waals surface area contributed by atoms with Crippen molar-refractivity contribution >= 4 is 0 Å². The fourth-order valence-corrected chi connectivity index (χ4v) is 1.71. The molecule has 1 heterocycles. The Bertz CT molecular complexity index is 310. The van der Waals surface area contributed by atoms with Gasteiger partial charge in [0.25, 0.3) is 0 Å². The van der Waals surface area contributed by atoms with E-state index in [0.29, 0.717) is 5.92 Å². The average Bonchev–Trinajstić information content (AvgIpc) is 2.86. The largest absolute Gasteiger partial charge is 0.345 e. The Morgan fingerprint density at radius 1 is 1.50 bits per heavy atom. The number of hydrogen-bond donors (Lipinski definition) is 2. The molecule has 1 aliphatic carbocycles. The summed E-state index contributed by atoms with van der Waals surface area (Å²) >= 11 is 0. The van der Waals surface area contributed by atoms with Gasteiger partial charge >= 0.3 is 0 Å². The molecule has 0 aromatic carbocycles. The van der Waals surface area contributed by atoms with Gasteiger partial charge in [0.15, 0.2) is 0 Å². The molecule has 0 amide bonds. The topological polar surface area (TPSA) is 40.7 Å². The van der Waals surface area contributed by atoms with Crippen LogP contribution in [0.1, 0.15) is 49.8 Å². The number of nitrogens with one attached hydrogen (secondary N) is 2. The molecule has 3 heteroatoms. The molecule has 14 heavy (non-hydrogen) atoms. The van der Waals surface area contributed by atoms with Crippen LogP contribution >= 0.6 is 0 Å². The number of hydrogen-bond acceptors (Lipinski definition) is 2. The summed E-state index contributed by atoms with van der Waals surface area (Å²) in [5, 5.41) is 3.46. The first kappa shape index (κ1) is 9.71. The number of aryl methyl sites for hydroxylation is 1. The van der Waals surface area contributed by atoms with Crippen molar-refractivity contribution in [1.29, 1.82) is 0 Å². The van der Waals surface area contributed by atoms with Gasteiger partial charge in [-0.15, -0.1) is 0 Å². The SMILES string of the molecule is Cc1[nH]c(CNC2CC2)nc1C(C)C. The predicted octanol–water partition coefficient (Wildman–Crippen LogP) is 2.09. The summed E-state index contributed by atoms with van der Waals surface area (Å²) in [5.41, 5.74) is 2.42. The molecule has 0 spiro atoms. The van der Waals surface area contributed by atoms with Crippen LogP contribution in [-0.4, -0.2) is 16.0 Å². The van der Waals surface area contributed by atoms with Crippen LogP contribution in [-0.2, 0) is 6.54 Å². The maximum absolute atomic E-state index is 4.59. The Balaban J connectivity index is 1.99. The normalized spacial score (nSPS) is 16.6. The molecule has 0 saturated heterocycles. The van der Waals surface area contributed by atoms with Gasteiger partial charge in [-0.05, 0) is 25.7 Å². The zero-order valence-electron chi connectivity index (χ0n) is 9.22. The zero-order valence-corrected chi connectivity index (χ0v) is 9.22. The van der Waals surface area contributed by atoms with Crippen LogP contribution in [0.15, 0.2) is 0 Å². The van der Waals surface area contributed by atoms with Gasteiger partial charge in [-0.3, -0.25) is 0 Å². The Hall–Kier alpha value is -0.830. The minimum atomic E-state index is 0.515. The lowest BCUT2D eigenvalue weighted by Crippen LogP contribution is -2.16. The highest BCUT2D eigenvalue weighted by Gasteiger charge is 2.20. The molecule has 1 aliphatic rings. The molecule has 1 fully saturated rings. The van der Waals surface area contributed by atoms with E-state index >= 15 is 0 Å². The van der Waals surface area contributed by atoms with E-state index in [2.05, 4.69) is 36.1 Å². The molecule has 1 aromatic rings. The highest BCUT2D eigenvalue weighted by molar-refractivity contribution is 5.16. The molecule has 2 rings (SSSR count). The standard InChI is InChI=1S/C11H19N3/c1-7(2)11-8(3)13-10(14-11)6-12-9-4-5-9/h7,9,12H,4-6H2,1-3H3,(H,13,14). The second kappa shape index (κ2) is 3.73. The van der Waals surface area contributed by atoms with Gasteiger partial charge in [0.2, 0.25) is 0 Å². The van der Waals surface area contributed by atoms with Gasteiger partial charge in [0, 0.05) is 11.7 Å². The third-order valence-corrected chi connectivity index (χ3v) is 2.65. The highest BCUT2D eigenvalue weighted by Crippen LogP contribution is 2.20. The monoisotopic (exact) mass is 193 g/mol. The van der Waals surface area contributed by atoms with Crippen molar-refractivity contribution in [1.82, 2.24) is 15.3 Å². The van der Waals surface area contributed by atoms with Crippen LogP contribution < -0.4 is 5.32 Å². The van der Waals surface area contributed by atoms with Crippen molar-refractivity contribution in [2.24, 2.45) is 0 Å². The van der Waals surface area contributed by atoms with E-state index in [1.54, 1.807) is 0 Å². The number of aromatic amines is 1. The zero-order chi connectivity index (χ0) is 10.1. The Labute approximate surface area is 85.3 Å². The fourth-order valence-electron chi connectivity index (χ4n) is 1.71. The lowest BCUT2D eigenvalue weighted by molar-refractivity contribution is 0.660. The molecule has 3 nitrogen and oxygen atoms in total. The molecule has 0 aliphatic heterocycles. The average molecular weight is 193 g/mol. The van der Waals surface area contributed by atoms with Gasteiger partial charge in [0.1, 0.15) is 5.82 Å². The molecule has 0 radical (unpaired) electrons. The van der Waals surface area contributed by atoms with E-state index in [-0.39, 0.29) is 0 Å². The fraction of sp³-hybridized carbons (Fsp3) is 0.727. The van der Waals surface area contributed by atoms with Gasteiger partial charge in [0.05, 0.1) is 12.2 Å². The Kier molecular flexibility index (Phi) is 2.59. The molecular formula is C11H19N3. The second-order valence-corrected chi connectivity index (χ2v) is 4.50. The maximum Gasteiger partial charge on any atom is 0.120 e. The molecular weight excluding hydrogens is 174 g/mol. The number of imidazole rings is 1. The number of H-pyrrole nitrogens is 1. The predicted molar refractivity (Wildman–Crippen MR) is 57.3 cm³/mol. The van der Waals surface area contributed by atoms with Crippen molar-refractivity contribution in [2.45, 2.75) is 52.1 Å². The van der Waals surface area contributed by atoms with E-state index in [9.17, 15) is 0 Å². The van der Waals surface area contributed by atoms with Crippen LogP contribution in [0.2, 0.25) is 0 Å². The lowest BCUT2D eigenvalue weighted by atomic mass is 10.1. The summed E-state index contributed by atoms with van der Waals surface area (Å²) in [6.45, 7) is 7.35. The van der Waals surface area contributed by atoms with Crippen LogP contribution in [0.25, 0.3) is 0 Å². The summed E-state index contributed by atoms with van der Waals surface area (Å²) in [5.74, 6) is 1.60. The molecule has 78 valence electrons. The summed E-state index contributed by atoms with van der Waals surface area (Å²) in [4.78, 5) is 7.93. The van der Waals surface area contributed by atoms with Crippen LogP contribution in [0.5, 0.6) is 0 Å². The molecule has 0 bridgehead atoms. The number of nitrogens with zero attached hydrogens (tertiary/aromatic N) is 1. The van der Waals surface area contributed by atoms with E-state index in [4.69, 9.17) is 0 Å². The van der Waals surface area contributed by atoms with Crippen molar-refractivity contribution in [3.8, 4) is 0 Å². The summed E-state index contributed by atoms with van der Waals surface area (Å²) in [7, 11) is 0. The molecule has 1 aromatic heterocycles. The Morgan fingerprint density at radius 3 is 2.71 bits per heavy atom. The van der Waals surface area contributed by atoms with Crippen molar-refractivity contribution in [3.05, 3.63) is 17.2 Å². The lowest BCUT2D eigenvalue weighted by Gasteiger charge is -1.99.